The first-order chi connectivity index (χ1) is 21.1. The predicted molar refractivity (Wildman–Crippen MR) is 155 cm³/mol. The molecule has 4 rings (SSSR count). The Morgan fingerprint density at radius 2 is 1.64 bits per heavy atom. The zero-order valence-corrected chi connectivity index (χ0v) is 25.2. The monoisotopic (exact) mass is 688 g/mol. The minimum absolute atomic E-state index is 0.0286. The molecule has 5 nitrogen and oxygen atoms in total. The number of unbranched alkanes of at least 4 members (excludes halogenated alkanes) is 1. The summed E-state index contributed by atoms with van der Waals surface area (Å²) in [6.07, 6.45) is -5.82. The molecule has 3 aromatic carbocycles. The molecular formula is C31H21Cl3F6N2O3. The van der Waals surface area contributed by atoms with Gasteiger partial charge in [-0.3, -0.25) is 14.4 Å². The van der Waals surface area contributed by atoms with Crippen molar-refractivity contribution in [2.45, 2.75) is 48.5 Å². The van der Waals surface area contributed by atoms with Gasteiger partial charge >= 0.3 is 6.18 Å². The van der Waals surface area contributed by atoms with E-state index in [9.17, 15) is 36.3 Å². The van der Waals surface area contributed by atoms with Gasteiger partial charge in [0, 0.05) is 48.4 Å². The number of alkyl halides is 5. The van der Waals surface area contributed by atoms with E-state index >= 15 is 4.39 Å². The van der Waals surface area contributed by atoms with Gasteiger partial charge in [-0.1, -0.05) is 23.7 Å². The molecule has 1 fully saturated rings. The molecule has 0 spiro atoms. The standard InChI is InChI=1S/C31H21Cl3F6N2O3/c32-22-7-6-17(42-29(45)27-26(30(27,33)34)15-4-9-24(36)21(11-15)31(38,39)40)13-19(22)25(44)12-16-5-8-23(35)20(28(16)37)14-18(43)3-1-2-10-41/h4-9,11,13,26-27H,1-3,12,14H2,(H,42,45)/t26-,27+/m0/s1. The number of halogens is 9. The summed E-state index contributed by atoms with van der Waals surface area (Å²) >= 11 is 18.7. The number of Topliss-reactive ketones (excluding diaryl/α,β-unsaturated/α-hetero) is 2. The van der Waals surface area contributed by atoms with Crippen molar-refractivity contribution in [2.75, 3.05) is 5.32 Å². The molecule has 2 atom stereocenters. The molecule has 0 saturated heterocycles. The van der Waals surface area contributed by atoms with Gasteiger partial charge in [0.25, 0.3) is 0 Å². The first-order valence-electron chi connectivity index (χ1n) is 13.3. The maximum absolute atomic E-state index is 15.2. The van der Waals surface area contributed by atoms with Crippen LogP contribution in [0, 0.1) is 34.7 Å². The van der Waals surface area contributed by atoms with Gasteiger partial charge in [-0.05, 0) is 53.9 Å². The molecule has 0 radical (unpaired) electrons. The number of nitrogens with zero attached hydrogens (tertiary/aromatic N) is 1. The van der Waals surface area contributed by atoms with Crippen LogP contribution < -0.4 is 5.32 Å². The van der Waals surface area contributed by atoms with Crippen LogP contribution in [0.1, 0.15) is 57.8 Å². The van der Waals surface area contributed by atoms with Crippen molar-refractivity contribution in [1.29, 1.82) is 5.26 Å². The number of ketones is 2. The van der Waals surface area contributed by atoms with Crippen LogP contribution in [0.2, 0.25) is 5.02 Å². The van der Waals surface area contributed by atoms with Crippen LogP contribution in [0.5, 0.6) is 0 Å². The first kappa shape index (κ1) is 34.3. The number of benzene rings is 3. The van der Waals surface area contributed by atoms with Gasteiger partial charge in [0.2, 0.25) is 5.91 Å². The van der Waals surface area contributed by atoms with E-state index in [0.717, 1.165) is 18.2 Å². The molecule has 0 bridgehead atoms. The summed E-state index contributed by atoms with van der Waals surface area (Å²) in [5, 5.41) is 11.0. The quantitative estimate of drug-likeness (QED) is 0.0947. The number of carbonyl (C=O) groups excluding carboxylic acids is 3. The first-order valence-corrected chi connectivity index (χ1v) is 14.4. The van der Waals surface area contributed by atoms with Gasteiger partial charge in [-0.2, -0.15) is 18.4 Å². The molecule has 14 heteroatoms. The molecule has 1 N–H and O–H groups in total. The summed E-state index contributed by atoms with van der Waals surface area (Å²) < 4.78 is 81.1. The van der Waals surface area contributed by atoms with Crippen molar-refractivity contribution in [1.82, 2.24) is 0 Å². The fourth-order valence-electron chi connectivity index (χ4n) is 4.92. The Bertz CT molecular complexity index is 1720. The van der Waals surface area contributed by atoms with Crippen LogP contribution in [-0.2, 0) is 28.6 Å². The fraction of sp³-hybridized carbons (Fsp3) is 0.290. The largest absolute Gasteiger partial charge is 0.419 e. The van der Waals surface area contributed by atoms with E-state index in [1.165, 1.54) is 18.2 Å². The maximum Gasteiger partial charge on any atom is 0.419 e. The van der Waals surface area contributed by atoms with Crippen LogP contribution in [0.15, 0.2) is 48.5 Å². The molecule has 1 aliphatic rings. The van der Waals surface area contributed by atoms with E-state index in [4.69, 9.17) is 40.1 Å². The van der Waals surface area contributed by atoms with Crippen molar-refractivity contribution < 1.29 is 40.7 Å². The Kier molecular flexibility index (Phi) is 10.2. The summed E-state index contributed by atoms with van der Waals surface area (Å²) in [4.78, 5) is 38.3. The van der Waals surface area contributed by atoms with Crippen molar-refractivity contribution in [2.24, 2.45) is 5.92 Å². The molecule has 236 valence electrons. The molecule has 45 heavy (non-hydrogen) atoms. The molecule has 1 aliphatic carbocycles. The molecule has 0 aliphatic heterocycles. The maximum atomic E-state index is 15.2. The van der Waals surface area contributed by atoms with Gasteiger partial charge in [-0.25, -0.2) is 13.2 Å². The Labute approximate surface area is 268 Å². The fourth-order valence-corrected chi connectivity index (χ4v) is 5.97. The lowest BCUT2D eigenvalue weighted by molar-refractivity contribution is -0.140. The summed E-state index contributed by atoms with van der Waals surface area (Å²) in [7, 11) is 0. The third-order valence-electron chi connectivity index (χ3n) is 7.26. The lowest BCUT2D eigenvalue weighted by Crippen LogP contribution is -2.18. The van der Waals surface area contributed by atoms with Crippen molar-refractivity contribution in [3.8, 4) is 6.07 Å². The second-order valence-electron chi connectivity index (χ2n) is 10.4. The Morgan fingerprint density at radius 3 is 2.31 bits per heavy atom. The second kappa shape index (κ2) is 13.4. The van der Waals surface area contributed by atoms with Crippen LogP contribution in [0.25, 0.3) is 0 Å². The topological polar surface area (TPSA) is 87.0 Å². The van der Waals surface area contributed by atoms with Gasteiger partial charge in [0.1, 0.15) is 27.6 Å². The number of nitriles is 1. The van der Waals surface area contributed by atoms with Gasteiger partial charge < -0.3 is 5.32 Å². The Balaban J connectivity index is 1.50. The number of carbonyl (C=O) groups is 3. The third kappa shape index (κ3) is 7.63. The Morgan fingerprint density at radius 1 is 0.956 bits per heavy atom. The predicted octanol–water partition coefficient (Wildman–Crippen LogP) is 8.53. The highest BCUT2D eigenvalue weighted by Gasteiger charge is 2.67. The zero-order chi connectivity index (χ0) is 33.3. The number of hydrogen-bond donors (Lipinski definition) is 1. The second-order valence-corrected chi connectivity index (χ2v) is 12.2. The average molecular weight is 690 g/mol. The van der Waals surface area contributed by atoms with Crippen LogP contribution >= 0.6 is 34.8 Å². The number of nitrogens with one attached hydrogen (secondary N) is 1. The molecule has 3 aromatic rings. The number of anilines is 1. The average Bonchev–Trinajstić information content (AvgIpc) is 3.55. The van der Waals surface area contributed by atoms with Gasteiger partial charge in [0.15, 0.2) is 5.78 Å². The number of rotatable bonds is 11. The number of hydrogen-bond acceptors (Lipinski definition) is 4. The zero-order valence-electron chi connectivity index (χ0n) is 22.9. The summed E-state index contributed by atoms with van der Waals surface area (Å²) in [6.45, 7) is 0. The highest BCUT2D eigenvalue weighted by molar-refractivity contribution is 6.53. The minimum atomic E-state index is -4.99. The minimum Gasteiger partial charge on any atom is -0.326 e. The third-order valence-corrected chi connectivity index (χ3v) is 8.53. The van der Waals surface area contributed by atoms with E-state index < -0.39 is 81.2 Å². The van der Waals surface area contributed by atoms with Crippen LogP contribution in [-0.4, -0.2) is 21.8 Å². The lowest BCUT2D eigenvalue weighted by Gasteiger charge is -2.12. The molecule has 0 aromatic heterocycles. The van der Waals surface area contributed by atoms with Crippen molar-refractivity contribution >= 4 is 58.0 Å². The van der Waals surface area contributed by atoms with E-state index in [0.29, 0.717) is 12.1 Å². The lowest BCUT2D eigenvalue weighted by atomic mass is 9.97. The molecular weight excluding hydrogens is 669 g/mol. The number of amides is 1. The van der Waals surface area contributed by atoms with Crippen molar-refractivity contribution in [3.05, 3.63) is 98.8 Å². The molecule has 0 heterocycles. The van der Waals surface area contributed by atoms with Crippen LogP contribution in [0.4, 0.5) is 32.0 Å². The highest BCUT2D eigenvalue weighted by Crippen LogP contribution is 2.65. The summed E-state index contributed by atoms with van der Waals surface area (Å²) in [6, 6.07) is 9.83. The van der Waals surface area contributed by atoms with Crippen molar-refractivity contribution in [3.63, 3.8) is 0 Å². The molecule has 1 saturated carbocycles. The van der Waals surface area contributed by atoms with E-state index in [1.807, 2.05) is 6.07 Å². The highest BCUT2D eigenvalue weighted by atomic mass is 35.5. The molecule has 1 amide bonds. The normalized spacial score (nSPS) is 17.0. The van der Waals surface area contributed by atoms with E-state index in [2.05, 4.69) is 5.32 Å². The SMILES string of the molecule is N#CCCCC(=O)Cc1c(F)ccc(CC(=O)c2cc(NC(=O)[C@H]3[C@H](c4ccc(F)c(C(F)(F)F)c4)C3(Cl)Cl)ccc2Cl)c1F. The Hall–Kier alpha value is -3.59. The smallest absolute Gasteiger partial charge is 0.326 e. The summed E-state index contributed by atoms with van der Waals surface area (Å²) in [5.41, 5.74) is -2.48. The summed E-state index contributed by atoms with van der Waals surface area (Å²) in [5.74, 6) is -7.89. The van der Waals surface area contributed by atoms with Gasteiger partial charge in [-0.15, -0.1) is 23.2 Å². The van der Waals surface area contributed by atoms with E-state index in [-0.39, 0.29) is 46.7 Å². The van der Waals surface area contributed by atoms with E-state index in [1.54, 1.807) is 0 Å². The van der Waals surface area contributed by atoms with Gasteiger partial charge in [0.05, 0.1) is 22.6 Å². The molecule has 0 unspecified atom stereocenters. The van der Waals surface area contributed by atoms with Crippen LogP contribution in [0.3, 0.4) is 0 Å².